The van der Waals surface area contributed by atoms with Gasteiger partial charge in [0.1, 0.15) is 0 Å². The van der Waals surface area contributed by atoms with Crippen molar-refractivity contribution in [1.29, 1.82) is 0 Å². The van der Waals surface area contributed by atoms with Crippen molar-refractivity contribution >= 4 is 28.3 Å². The van der Waals surface area contributed by atoms with Crippen LogP contribution in [-0.4, -0.2) is 55.8 Å². The van der Waals surface area contributed by atoms with Crippen LogP contribution in [0.3, 0.4) is 0 Å². The highest BCUT2D eigenvalue weighted by atomic mass is 35.5. The molecule has 0 radical (unpaired) electrons. The fourth-order valence-corrected chi connectivity index (χ4v) is 6.16. The van der Waals surface area contributed by atoms with E-state index in [1.807, 2.05) is 11.8 Å². The number of rotatable bonds is 4. The summed E-state index contributed by atoms with van der Waals surface area (Å²) in [5.74, 6) is 1.00. The SMILES string of the molecule is CC1CC(C)CN(S(=O)(=O)c2ccc(C(=O)N3CC(CN)CC3C)cc2)C1.Cl. The molecule has 8 heteroatoms. The Morgan fingerprint density at radius 2 is 1.61 bits per heavy atom. The van der Waals surface area contributed by atoms with Crippen LogP contribution in [0.2, 0.25) is 0 Å². The van der Waals surface area contributed by atoms with Gasteiger partial charge in [-0.15, -0.1) is 12.4 Å². The summed E-state index contributed by atoms with van der Waals surface area (Å²) in [5.41, 5.74) is 6.27. The molecule has 3 rings (SSSR count). The van der Waals surface area contributed by atoms with Gasteiger partial charge in [-0.1, -0.05) is 13.8 Å². The van der Waals surface area contributed by atoms with Gasteiger partial charge in [0.2, 0.25) is 10.0 Å². The minimum Gasteiger partial charge on any atom is -0.336 e. The number of nitrogens with two attached hydrogens (primary N) is 1. The second-order valence-corrected chi connectivity index (χ2v) is 10.4. The lowest BCUT2D eigenvalue weighted by atomic mass is 9.94. The third-order valence-corrected chi connectivity index (χ3v) is 7.68. The molecule has 6 nitrogen and oxygen atoms in total. The Bertz CT molecular complexity index is 774. The molecular formula is C20H32ClN3O3S. The zero-order chi connectivity index (χ0) is 19.8. The standard InChI is InChI=1S/C20H31N3O3S.ClH/c1-14-8-15(2)12-22(11-14)27(25,26)19-6-4-18(5-7-19)20(24)23-13-17(10-21)9-16(23)3;/h4-7,14-17H,8-13,21H2,1-3H3;1H. The van der Waals surface area contributed by atoms with Crippen LogP contribution < -0.4 is 5.73 Å². The monoisotopic (exact) mass is 429 g/mol. The molecule has 0 aliphatic carbocycles. The first-order valence-electron chi connectivity index (χ1n) is 9.83. The van der Waals surface area contributed by atoms with Gasteiger partial charge < -0.3 is 10.6 Å². The third-order valence-electron chi connectivity index (χ3n) is 5.83. The van der Waals surface area contributed by atoms with E-state index in [0.29, 0.717) is 49.5 Å². The van der Waals surface area contributed by atoms with E-state index in [1.54, 1.807) is 28.6 Å². The molecule has 2 saturated heterocycles. The van der Waals surface area contributed by atoms with E-state index < -0.39 is 10.0 Å². The molecule has 0 aromatic heterocycles. The van der Waals surface area contributed by atoms with Crippen LogP contribution in [-0.2, 0) is 10.0 Å². The lowest BCUT2D eigenvalue weighted by molar-refractivity contribution is 0.0743. The van der Waals surface area contributed by atoms with Crippen molar-refractivity contribution in [1.82, 2.24) is 9.21 Å². The van der Waals surface area contributed by atoms with Gasteiger partial charge in [-0.25, -0.2) is 8.42 Å². The molecular weight excluding hydrogens is 398 g/mol. The van der Waals surface area contributed by atoms with Crippen LogP contribution in [0.25, 0.3) is 0 Å². The minimum absolute atomic E-state index is 0. The molecule has 4 unspecified atom stereocenters. The summed E-state index contributed by atoms with van der Waals surface area (Å²) in [6.45, 7) is 8.57. The van der Waals surface area contributed by atoms with Gasteiger partial charge in [0.15, 0.2) is 0 Å². The summed E-state index contributed by atoms with van der Waals surface area (Å²) in [6, 6.07) is 6.55. The van der Waals surface area contributed by atoms with Crippen LogP contribution in [0.5, 0.6) is 0 Å². The molecule has 0 bridgehead atoms. The quantitative estimate of drug-likeness (QED) is 0.797. The number of carbonyl (C=O) groups excluding carboxylic acids is 1. The van der Waals surface area contributed by atoms with Gasteiger partial charge >= 0.3 is 0 Å². The zero-order valence-electron chi connectivity index (χ0n) is 16.9. The molecule has 2 aliphatic heterocycles. The Balaban J connectivity index is 0.00000280. The number of likely N-dealkylation sites (tertiary alicyclic amines) is 1. The van der Waals surface area contributed by atoms with Crippen molar-refractivity contribution < 1.29 is 13.2 Å². The van der Waals surface area contributed by atoms with Crippen molar-refractivity contribution in [3.05, 3.63) is 29.8 Å². The second-order valence-electron chi connectivity index (χ2n) is 8.44. The molecule has 158 valence electrons. The number of sulfonamides is 1. The summed E-state index contributed by atoms with van der Waals surface area (Å²) in [5, 5.41) is 0. The highest BCUT2D eigenvalue weighted by molar-refractivity contribution is 7.89. The highest BCUT2D eigenvalue weighted by Crippen LogP contribution is 2.28. The van der Waals surface area contributed by atoms with E-state index in [0.717, 1.165) is 12.8 Å². The predicted molar refractivity (Wildman–Crippen MR) is 113 cm³/mol. The summed E-state index contributed by atoms with van der Waals surface area (Å²) in [6.07, 6.45) is 1.97. The maximum Gasteiger partial charge on any atom is 0.254 e. The Kier molecular flexibility index (Phi) is 7.53. The van der Waals surface area contributed by atoms with Gasteiger partial charge in [-0.2, -0.15) is 4.31 Å². The fourth-order valence-electron chi connectivity index (χ4n) is 4.48. The van der Waals surface area contributed by atoms with E-state index in [4.69, 9.17) is 5.73 Å². The number of carbonyl (C=O) groups is 1. The normalized spacial score (nSPS) is 28.8. The van der Waals surface area contributed by atoms with E-state index in [1.165, 1.54) is 0 Å². The van der Waals surface area contributed by atoms with E-state index in [-0.39, 0.29) is 29.3 Å². The van der Waals surface area contributed by atoms with Gasteiger partial charge in [0.05, 0.1) is 4.90 Å². The summed E-state index contributed by atoms with van der Waals surface area (Å²) >= 11 is 0. The molecule has 0 saturated carbocycles. The van der Waals surface area contributed by atoms with Gasteiger partial charge in [-0.3, -0.25) is 4.79 Å². The number of halogens is 1. The van der Waals surface area contributed by atoms with Gasteiger partial charge in [0, 0.05) is 31.2 Å². The molecule has 1 aromatic carbocycles. The molecule has 1 amide bonds. The summed E-state index contributed by atoms with van der Waals surface area (Å²) < 4.78 is 27.5. The summed E-state index contributed by atoms with van der Waals surface area (Å²) in [7, 11) is -3.52. The Morgan fingerprint density at radius 3 is 2.11 bits per heavy atom. The topological polar surface area (TPSA) is 83.7 Å². The number of hydrogen-bond donors (Lipinski definition) is 1. The molecule has 2 N–H and O–H groups in total. The van der Waals surface area contributed by atoms with Crippen molar-refractivity contribution in [2.45, 2.75) is 44.6 Å². The lowest BCUT2D eigenvalue weighted by Crippen LogP contribution is -2.42. The summed E-state index contributed by atoms with van der Waals surface area (Å²) in [4.78, 5) is 14.9. The number of hydrogen-bond acceptors (Lipinski definition) is 4. The predicted octanol–water partition coefficient (Wildman–Crippen LogP) is 2.58. The largest absolute Gasteiger partial charge is 0.336 e. The molecule has 28 heavy (non-hydrogen) atoms. The molecule has 4 atom stereocenters. The molecule has 2 aliphatic rings. The lowest BCUT2D eigenvalue weighted by Gasteiger charge is -2.34. The number of amides is 1. The molecule has 2 heterocycles. The van der Waals surface area contributed by atoms with Crippen molar-refractivity contribution in [3.63, 3.8) is 0 Å². The Labute approximate surface area is 174 Å². The average molecular weight is 430 g/mol. The molecule has 1 aromatic rings. The van der Waals surface area contributed by atoms with Crippen LogP contribution in [0.15, 0.2) is 29.2 Å². The zero-order valence-corrected chi connectivity index (χ0v) is 18.5. The van der Waals surface area contributed by atoms with Gasteiger partial charge in [0.25, 0.3) is 5.91 Å². The minimum atomic E-state index is -3.52. The second kappa shape index (κ2) is 9.11. The van der Waals surface area contributed by atoms with Crippen LogP contribution >= 0.6 is 12.4 Å². The van der Waals surface area contributed by atoms with E-state index in [9.17, 15) is 13.2 Å². The van der Waals surface area contributed by atoms with Crippen LogP contribution in [0.4, 0.5) is 0 Å². The fraction of sp³-hybridized carbons (Fsp3) is 0.650. The average Bonchev–Trinajstić information content (AvgIpc) is 3.01. The van der Waals surface area contributed by atoms with E-state index in [2.05, 4.69) is 13.8 Å². The smallest absolute Gasteiger partial charge is 0.254 e. The third kappa shape index (κ3) is 4.70. The maximum absolute atomic E-state index is 13.0. The molecule has 0 spiro atoms. The first-order valence-corrected chi connectivity index (χ1v) is 11.3. The van der Waals surface area contributed by atoms with Gasteiger partial charge in [-0.05, 0) is 68.3 Å². The van der Waals surface area contributed by atoms with Crippen LogP contribution in [0.1, 0.15) is 44.0 Å². The number of piperidine rings is 1. The van der Waals surface area contributed by atoms with Crippen molar-refractivity contribution in [2.75, 3.05) is 26.2 Å². The Morgan fingerprint density at radius 1 is 1.04 bits per heavy atom. The number of benzene rings is 1. The van der Waals surface area contributed by atoms with Crippen LogP contribution in [0, 0.1) is 17.8 Å². The Hall–Kier alpha value is -1.15. The first kappa shape index (κ1) is 23.1. The highest BCUT2D eigenvalue weighted by Gasteiger charge is 2.33. The first-order chi connectivity index (χ1) is 12.7. The van der Waals surface area contributed by atoms with E-state index >= 15 is 0 Å². The number of nitrogens with zero attached hydrogens (tertiary/aromatic N) is 2. The maximum atomic E-state index is 13.0. The molecule has 2 fully saturated rings. The van der Waals surface area contributed by atoms with Crippen molar-refractivity contribution in [3.8, 4) is 0 Å². The van der Waals surface area contributed by atoms with Crippen molar-refractivity contribution in [2.24, 2.45) is 23.5 Å².